The molecular weight excluding hydrogens is 322 g/mol. The van der Waals surface area contributed by atoms with E-state index < -0.39 is 10.9 Å². The van der Waals surface area contributed by atoms with Crippen molar-refractivity contribution < 1.29 is 14.6 Å². The quantitative estimate of drug-likeness (QED) is 0.311. The van der Waals surface area contributed by atoms with Crippen LogP contribution in [0.2, 0.25) is 0 Å². The molecule has 3 rings (SSSR count). The summed E-state index contributed by atoms with van der Waals surface area (Å²) in [5.74, 6) is -0.487. The maximum atomic E-state index is 11.1. The first-order chi connectivity index (χ1) is 11.9. The summed E-state index contributed by atoms with van der Waals surface area (Å²) in [6.45, 7) is 5.80. The van der Waals surface area contributed by atoms with Gasteiger partial charge in [-0.1, -0.05) is 11.2 Å². The number of fused-ring (bicyclic) bond motifs is 3. The molecule has 0 fully saturated rings. The first-order valence-corrected chi connectivity index (χ1v) is 7.85. The summed E-state index contributed by atoms with van der Waals surface area (Å²) >= 11 is 0. The van der Waals surface area contributed by atoms with Gasteiger partial charge in [0.1, 0.15) is 0 Å². The zero-order chi connectivity index (χ0) is 18.1. The molecule has 128 valence electrons. The number of hydrogen-bond acceptors (Lipinski definition) is 5. The Morgan fingerprint density at radius 3 is 2.40 bits per heavy atom. The molecule has 2 aromatic carbocycles. The van der Waals surface area contributed by atoms with Crippen LogP contribution in [0, 0.1) is 10.1 Å². The highest BCUT2D eigenvalue weighted by molar-refractivity contribution is 6.12. The number of nitro benzene ring substituents is 1. The Morgan fingerprint density at radius 2 is 1.80 bits per heavy atom. The molecule has 0 N–H and O–H groups in total. The van der Waals surface area contributed by atoms with Gasteiger partial charge in [0.2, 0.25) is 0 Å². The lowest BCUT2D eigenvalue weighted by atomic mass is 10.1. The van der Waals surface area contributed by atoms with Crippen LogP contribution in [0.25, 0.3) is 21.8 Å². The molecule has 1 heterocycles. The van der Waals surface area contributed by atoms with Crippen LogP contribution < -0.4 is 0 Å². The van der Waals surface area contributed by atoms with E-state index in [1.807, 2.05) is 25.1 Å². The second-order valence-corrected chi connectivity index (χ2v) is 5.69. The van der Waals surface area contributed by atoms with Crippen LogP contribution in [0.15, 0.2) is 41.6 Å². The second-order valence-electron chi connectivity index (χ2n) is 5.69. The largest absolute Gasteiger partial charge is 0.341 e. The van der Waals surface area contributed by atoms with Crippen molar-refractivity contribution in [2.75, 3.05) is 0 Å². The molecule has 0 aliphatic rings. The van der Waals surface area contributed by atoms with Crippen LogP contribution in [-0.2, 0) is 16.2 Å². The highest BCUT2D eigenvalue weighted by Crippen LogP contribution is 2.32. The Morgan fingerprint density at radius 1 is 1.16 bits per heavy atom. The molecule has 0 atom stereocenters. The second kappa shape index (κ2) is 6.35. The molecule has 0 saturated heterocycles. The fourth-order valence-corrected chi connectivity index (χ4v) is 2.96. The SMILES string of the molecule is CCn1c2ccc(C(C)=NOC(C)=O)cc2c2cc([N+](=O)[O-])ccc21. The van der Waals surface area contributed by atoms with E-state index in [9.17, 15) is 14.9 Å². The van der Waals surface area contributed by atoms with Crippen LogP contribution in [-0.4, -0.2) is 21.2 Å². The van der Waals surface area contributed by atoms with Crippen LogP contribution in [0.3, 0.4) is 0 Å². The molecular formula is C18H17N3O4. The summed E-state index contributed by atoms with van der Waals surface area (Å²) in [6.07, 6.45) is 0. The molecule has 0 saturated carbocycles. The van der Waals surface area contributed by atoms with E-state index >= 15 is 0 Å². The minimum absolute atomic E-state index is 0.0540. The van der Waals surface area contributed by atoms with E-state index in [2.05, 4.69) is 14.6 Å². The molecule has 25 heavy (non-hydrogen) atoms. The van der Waals surface area contributed by atoms with E-state index in [1.54, 1.807) is 19.1 Å². The number of oxime groups is 1. The number of benzene rings is 2. The fourth-order valence-electron chi connectivity index (χ4n) is 2.96. The van der Waals surface area contributed by atoms with Crippen molar-refractivity contribution in [3.8, 4) is 0 Å². The number of nitrogens with zero attached hydrogens (tertiary/aromatic N) is 3. The van der Waals surface area contributed by atoms with Gasteiger partial charge in [-0.15, -0.1) is 0 Å². The molecule has 7 heteroatoms. The Bertz CT molecular complexity index is 1030. The van der Waals surface area contributed by atoms with Crippen LogP contribution in [0.4, 0.5) is 5.69 Å². The van der Waals surface area contributed by atoms with Crippen LogP contribution in [0.5, 0.6) is 0 Å². The Hall–Kier alpha value is -3.22. The topological polar surface area (TPSA) is 86.7 Å². The summed E-state index contributed by atoms with van der Waals surface area (Å²) in [5.41, 5.74) is 3.32. The molecule has 0 amide bonds. The lowest BCUT2D eigenvalue weighted by molar-refractivity contribution is -0.384. The van der Waals surface area contributed by atoms with Crippen molar-refractivity contribution in [1.82, 2.24) is 4.57 Å². The van der Waals surface area contributed by atoms with Gasteiger partial charge in [-0.2, -0.15) is 0 Å². The van der Waals surface area contributed by atoms with E-state index in [0.717, 1.165) is 33.9 Å². The third kappa shape index (κ3) is 2.96. The predicted octanol–water partition coefficient (Wildman–Crippen LogP) is 4.01. The van der Waals surface area contributed by atoms with Crippen molar-refractivity contribution in [3.05, 3.63) is 52.1 Å². The van der Waals surface area contributed by atoms with Crippen LogP contribution >= 0.6 is 0 Å². The highest BCUT2D eigenvalue weighted by atomic mass is 16.7. The molecule has 0 spiro atoms. The van der Waals surface area contributed by atoms with Gasteiger partial charge in [0.25, 0.3) is 5.69 Å². The molecule has 0 unspecified atom stereocenters. The summed E-state index contributed by atoms with van der Waals surface area (Å²) in [7, 11) is 0. The number of rotatable bonds is 4. The summed E-state index contributed by atoms with van der Waals surface area (Å²) in [4.78, 5) is 26.3. The normalized spacial score (nSPS) is 11.9. The number of hydrogen-bond donors (Lipinski definition) is 0. The van der Waals surface area contributed by atoms with E-state index in [-0.39, 0.29) is 5.69 Å². The molecule has 0 aliphatic heterocycles. The Labute approximate surface area is 143 Å². The third-order valence-electron chi connectivity index (χ3n) is 4.10. The van der Waals surface area contributed by atoms with Crippen molar-refractivity contribution in [1.29, 1.82) is 0 Å². The van der Waals surface area contributed by atoms with Gasteiger partial charge < -0.3 is 9.40 Å². The average molecular weight is 339 g/mol. The van der Waals surface area contributed by atoms with Crippen LogP contribution in [0.1, 0.15) is 26.3 Å². The molecule has 0 aliphatic carbocycles. The molecule has 7 nitrogen and oxygen atoms in total. The number of carbonyl (C=O) groups excluding carboxylic acids is 1. The van der Waals surface area contributed by atoms with Crippen molar-refractivity contribution >= 4 is 39.2 Å². The van der Waals surface area contributed by atoms with Gasteiger partial charge in [0, 0.05) is 47.4 Å². The van der Waals surface area contributed by atoms with Gasteiger partial charge in [-0.3, -0.25) is 10.1 Å². The number of carbonyl (C=O) groups is 1. The zero-order valence-electron chi connectivity index (χ0n) is 14.1. The summed E-state index contributed by atoms with van der Waals surface area (Å²) in [5, 5.41) is 16.6. The van der Waals surface area contributed by atoms with Gasteiger partial charge >= 0.3 is 5.97 Å². The summed E-state index contributed by atoms with van der Waals surface area (Å²) in [6, 6.07) is 10.6. The summed E-state index contributed by atoms with van der Waals surface area (Å²) < 4.78 is 2.11. The highest BCUT2D eigenvalue weighted by Gasteiger charge is 2.15. The third-order valence-corrected chi connectivity index (χ3v) is 4.10. The number of aryl methyl sites for hydroxylation is 1. The first kappa shape index (κ1) is 16.6. The maximum Gasteiger partial charge on any atom is 0.331 e. The molecule has 3 aromatic rings. The van der Waals surface area contributed by atoms with Gasteiger partial charge in [0.15, 0.2) is 0 Å². The van der Waals surface area contributed by atoms with Gasteiger partial charge in [0.05, 0.1) is 10.6 Å². The standard InChI is InChI=1S/C18H17N3O4/c1-4-20-17-7-5-13(11(2)19-25-12(3)22)9-15(17)16-10-14(21(23)24)6-8-18(16)20/h5-10H,4H2,1-3H3. The van der Waals surface area contributed by atoms with Crippen molar-refractivity contribution in [2.24, 2.45) is 5.16 Å². The van der Waals surface area contributed by atoms with Gasteiger partial charge in [-0.25, -0.2) is 4.79 Å². The number of non-ortho nitro benzene ring substituents is 1. The Kier molecular flexibility index (Phi) is 4.22. The molecule has 1 aromatic heterocycles. The average Bonchev–Trinajstić information content (AvgIpc) is 2.91. The minimum Gasteiger partial charge on any atom is -0.341 e. The molecule has 0 radical (unpaired) electrons. The monoisotopic (exact) mass is 339 g/mol. The number of aromatic nitrogens is 1. The van der Waals surface area contributed by atoms with Crippen molar-refractivity contribution in [3.63, 3.8) is 0 Å². The first-order valence-electron chi connectivity index (χ1n) is 7.85. The van der Waals surface area contributed by atoms with E-state index in [0.29, 0.717) is 5.71 Å². The van der Waals surface area contributed by atoms with Crippen molar-refractivity contribution in [2.45, 2.75) is 27.3 Å². The molecule has 0 bridgehead atoms. The van der Waals surface area contributed by atoms with E-state index in [1.165, 1.54) is 13.0 Å². The predicted molar refractivity (Wildman–Crippen MR) is 95.7 cm³/mol. The Balaban J connectivity index is 2.25. The van der Waals surface area contributed by atoms with Gasteiger partial charge in [-0.05, 0) is 37.6 Å². The fraction of sp³-hybridized carbons (Fsp3) is 0.222. The zero-order valence-corrected chi connectivity index (χ0v) is 14.1. The number of nitro groups is 1. The van der Waals surface area contributed by atoms with E-state index in [4.69, 9.17) is 0 Å². The lowest BCUT2D eigenvalue weighted by Gasteiger charge is -2.04. The smallest absolute Gasteiger partial charge is 0.331 e. The maximum absolute atomic E-state index is 11.1. The lowest BCUT2D eigenvalue weighted by Crippen LogP contribution is -1.99. The minimum atomic E-state index is -0.487.